The second-order valence-electron chi connectivity index (χ2n) is 6.15. The maximum atomic E-state index is 11.6. The van der Waals surface area contributed by atoms with Gasteiger partial charge in [0.15, 0.2) is 0 Å². The van der Waals surface area contributed by atoms with Crippen LogP contribution in [0.1, 0.15) is 26.3 Å². The lowest BCUT2D eigenvalue weighted by molar-refractivity contribution is 0.0525. The molecule has 0 saturated carbocycles. The molecule has 0 atom stereocenters. The third-order valence-corrected chi connectivity index (χ3v) is 3.00. The topological polar surface area (TPSA) is 56.2 Å². The lowest BCUT2D eigenvalue weighted by Gasteiger charge is -2.19. The van der Waals surface area contributed by atoms with Gasteiger partial charge < -0.3 is 10.1 Å². The molecule has 0 unspecified atom stereocenters. The first kappa shape index (κ1) is 16.6. The van der Waals surface area contributed by atoms with Crippen LogP contribution in [0.3, 0.4) is 0 Å². The van der Waals surface area contributed by atoms with Crippen LogP contribution >= 0.6 is 0 Å². The number of alkyl carbamates (subject to hydrolysis) is 1. The smallest absolute Gasteiger partial charge is 0.407 e. The first-order valence-electron chi connectivity index (χ1n) is 7.44. The molecule has 23 heavy (non-hydrogen) atoms. The summed E-state index contributed by atoms with van der Waals surface area (Å²) in [5.74, 6) is 2.62. The highest BCUT2D eigenvalue weighted by atomic mass is 16.6. The molecule has 0 aliphatic carbocycles. The Labute approximate surface area is 136 Å². The van der Waals surface area contributed by atoms with Crippen LogP contribution in [0.2, 0.25) is 0 Å². The van der Waals surface area contributed by atoms with Gasteiger partial charge in [0.05, 0.1) is 12.7 Å². The third kappa shape index (κ3) is 5.19. The van der Waals surface area contributed by atoms with E-state index in [0.717, 1.165) is 16.7 Å². The lowest BCUT2D eigenvalue weighted by Crippen LogP contribution is -2.34. The largest absolute Gasteiger partial charge is 0.444 e. The molecule has 5 heteroatoms. The van der Waals surface area contributed by atoms with Crippen molar-refractivity contribution in [3.63, 3.8) is 0 Å². The van der Waals surface area contributed by atoms with Crippen LogP contribution in [0.4, 0.5) is 4.79 Å². The van der Waals surface area contributed by atoms with Crippen LogP contribution in [-0.2, 0) is 11.3 Å². The van der Waals surface area contributed by atoms with Crippen molar-refractivity contribution in [1.82, 2.24) is 15.1 Å². The maximum Gasteiger partial charge on any atom is 0.407 e. The van der Waals surface area contributed by atoms with Crippen molar-refractivity contribution in [3.05, 3.63) is 42.2 Å². The summed E-state index contributed by atoms with van der Waals surface area (Å²) in [7, 11) is 0. The van der Waals surface area contributed by atoms with E-state index in [1.165, 1.54) is 0 Å². The SMILES string of the molecule is C#Cc1cccc(-c2cnn(CCNC(=O)OC(C)(C)C)c2)c1. The van der Waals surface area contributed by atoms with Crippen molar-refractivity contribution in [1.29, 1.82) is 0 Å². The molecule has 0 spiro atoms. The fourth-order valence-corrected chi connectivity index (χ4v) is 2.01. The number of carbonyl (C=O) groups excluding carboxylic acids is 1. The molecular formula is C18H21N3O2. The zero-order chi connectivity index (χ0) is 16.9. The van der Waals surface area contributed by atoms with Gasteiger partial charge in [0.1, 0.15) is 5.60 Å². The van der Waals surface area contributed by atoms with Gasteiger partial charge in [0, 0.05) is 23.9 Å². The number of carbonyl (C=O) groups is 1. The van der Waals surface area contributed by atoms with Crippen molar-refractivity contribution in [3.8, 4) is 23.5 Å². The highest BCUT2D eigenvalue weighted by Gasteiger charge is 2.15. The quantitative estimate of drug-likeness (QED) is 0.883. The van der Waals surface area contributed by atoms with Gasteiger partial charge in [-0.15, -0.1) is 6.42 Å². The molecule has 5 nitrogen and oxygen atoms in total. The highest BCUT2D eigenvalue weighted by molar-refractivity contribution is 5.67. The number of amides is 1. The first-order valence-corrected chi connectivity index (χ1v) is 7.44. The predicted molar refractivity (Wildman–Crippen MR) is 89.8 cm³/mol. The van der Waals surface area contributed by atoms with E-state index in [9.17, 15) is 4.79 Å². The molecule has 0 bridgehead atoms. The molecule has 1 aromatic carbocycles. The minimum Gasteiger partial charge on any atom is -0.444 e. The van der Waals surface area contributed by atoms with Gasteiger partial charge in [-0.05, 0) is 38.5 Å². The number of hydrogen-bond acceptors (Lipinski definition) is 3. The van der Waals surface area contributed by atoms with Gasteiger partial charge in [-0.3, -0.25) is 4.68 Å². The second-order valence-corrected chi connectivity index (χ2v) is 6.15. The number of nitrogens with zero attached hydrogens (tertiary/aromatic N) is 2. The van der Waals surface area contributed by atoms with Crippen molar-refractivity contribution in [2.75, 3.05) is 6.54 Å². The molecule has 1 N–H and O–H groups in total. The fraction of sp³-hybridized carbons (Fsp3) is 0.333. The fourth-order valence-electron chi connectivity index (χ4n) is 2.01. The van der Waals surface area contributed by atoms with E-state index in [2.05, 4.69) is 16.3 Å². The predicted octanol–water partition coefficient (Wildman–Crippen LogP) is 3.06. The van der Waals surface area contributed by atoms with Gasteiger partial charge >= 0.3 is 6.09 Å². The van der Waals surface area contributed by atoms with Gasteiger partial charge in [-0.25, -0.2) is 4.79 Å². The second kappa shape index (κ2) is 7.01. The van der Waals surface area contributed by atoms with Crippen LogP contribution in [0.5, 0.6) is 0 Å². The first-order chi connectivity index (χ1) is 10.9. The molecule has 0 fully saturated rings. The number of nitrogens with one attached hydrogen (secondary N) is 1. The average Bonchev–Trinajstić information content (AvgIpc) is 2.94. The van der Waals surface area contributed by atoms with E-state index in [-0.39, 0.29) is 0 Å². The third-order valence-electron chi connectivity index (χ3n) is 3.00. The van der Waals surface area contributed by atoms with Crippen molar-refractivity contribution in [2.45, 2.75) is 32.9 Å². The summed E-state index contributed by atoms with van der Waals surface area (Å²) in [6, 6.07) is 7.74. The molecule has 1 aromatic heterocycles. The van der Waals surface area contributed by atoms with Crippen LogP contribution in [0.15, 0.2) is 36.7 Å². The summed E-state index contributed by atoms with van der Waals surface area (Å²) in [4.78, 5) is 11.6. The zero-order valence-electron chi connectivity index (χ0n) is 13.7. The Morgan fingerprint density at radius 3 is 2.87 bits per heavy atom. The molecule has 1 heterocycles. The molecule has 2 aromatic rings. The Hall–Kier alpha value is -2.74. The van der Waals surface area contributed by atoms with Gasteiger partial charge in [-0.2, -0.15) is 5.10 Å². The van der Waals surface area contributed by atoms with Gasteiger partial charge in [0.25, 0.3) is 0 Å². The molecule has 1 amide bonds. The summed E-state index contributed by atoms with van der Waals surface area (Å²) < 4.78 is 6.95. The number of ether oxygens (including phenoxy) is 1. The Morgan fingerprint density at radius 1 is 1.39 bits per heavy atom. The van der Waals surface area contributed by atoms with Crippen LogP contribution in [0.25, 0.3) is 11.1 Å². The summed E-state index contributed by atoms with van der Waals surface area (Å²) >= 11 is 0. The van der Waals surface area contributed by atoms with Gasteiger partial charge in [-0.1, -0.05) is 18.1 Å². The summed E-state index contributed by atoms with van der Waals surface area (Å²) in [5.41, 5.74) is 2.35. The summed E-state index contributed by atoms with van der Waals surface area (Å²) in [6.07, 6.45) is 8.70. The lowest BCUT2D eigenvalue weighted by atomic mass is 10.1. The maximum absolute atomic E-state index is 11.6. The van der Waals surface area contributed by atoms with Gasteiger partial charge in [0.2, 0.25) is 0 Å². The van der Waals surface area contributed by atoms with E-state index in [1.807, 2.05) is 51.2 Å². The standard InChI is InChI=1S/C18H21N3O2/c1-5-14-7-6-8-15(11-14)16-12-20-21(13-16)10-9-19-17(22)23-18(2,3)4/h1,6-8,11-13H,9-10H2,2-4H3,(H,19,22). The monoisotopic (exact) mass is 311 g/mol. The molecule has 0 aliphatic heterocycles. The van der Waals surface area contributed by atoms with Crippen LogP contribution in [-0.4, -0.2) is 28.0 Å². The molecule has 0 saturated heterocycles. The normalized spacial score (nSPS) is 10.9. The number of rotatable bonds is 4. The Balaban J connectivity index is 1.90. The average molecular weight is 311 g/mol. The van der Waals surface area contributed by atoms with Crippen LogP contribution < -0.4 is 5.32 Å². The Kier molecular flexibility index (Phi) is 5.07. The van der Waals surface area contributed by atoms with E-state index >= 15 is 0 Å². The Bertz CT molecular complexity index is 720. The summed E-state index contributed by atoms with van der Waals surface area (Å²) in [5, 5.41) is 7.00. The van der Waals surface area contributed by atoms with Crippen molar-refractivity contribution < 1.29 is 9.53 Å². The zero-order valence-corrected chi connectivity index (χ0v) is 13.7. The molecular weight excluding hydrogens is 290 g/mol. The minimum atomic E-state index is -0.495. The molecule has 2 rings (SSSR count). The molecule has 0 radical (unpaired) electrons. The summed E-state index contributed by atoms with van der Waals surface area (Å²) in [6.45, 7) is 6.50. The van der Waals surface area contributed by atoms with Crippen LogP contribution in [0, 0.1) is 12.3 Å². The minimum absolute atomic E-state index is 0.424. The molecule has 120 valence electrons. The van der Waals surface area contributed by atoms with E-state index in [4.69, 9.17) is 11.2 Å². The number of hydrogen-bond donors (Lipinski definition) is 1. The van der Waals surface area contributed by atoms with Crippen molar-refractivity contribution in [2.24, 2.45) is 0 Å². The number of terminal acetylenes is 1. The Morgan fingerprint density at radius 2 is 2.17 bits per heavy atom. The number of benzene rings is 1. The van der Waals surface area contributed by atoms with E-state index in [1.54, 1.807) is 10.9 Å². The van der Waals surface area contributed by atoms with Crippen molar-refractivity contribution >= 4 is 6.09 Å². The molecule has 0 aliphatic rings. The van der Waals surface area contributed by atoms with E-state index < -0.39 is 11.7 Å². The number of aromatic nitrogens is 2. The highest BCUT2D eigenvalue weighted by Crippen LogP contribution is 2.19. The van der Waals surface area contributed by atoms with E-state index in [0.29, 0.717) is 13.1 Å².